The Morgan fingerprint density at radius 1 is 1.05 bits per heavy atom. The van der Waals surface area contributed by atoms with Gasteiger partial charge in [0.05, 0.1) is 15.2 Å². The largest absolute Gasteiger partial charge is 0.354 e. The van der Waals surface area contributed by atoms with E-state index in [0.717, 1.165) is 53.9 Å². The Bertz CT molecular complexity index is 1130. The minimum atomic E-state index is -0.724. The van der Waals surface area contributed by atoms with Crippen molar-refractivity contribution in [2.24, 2.45) is 11.8 Å². The lowest BCUT2D eigenvalue weighted by Gasteiger charge is -2.32. The Balaban J connectivity index is 1.73. The quantitative estimate of drug-likeness (QED) is 0.307. The number of hydrogen-bond donors (Lipinski definition) is 3. The van der Waals surface area contributed by atoms with Crippen molar-refractivity contribution in [2.45, 2.75) is 97.1 Å². The highest BCUT2D eigenvalue weighted by Crippen LogP contribution is 2.28. The molecule has 1 aromatic heterocycles. The van der Waals surface area contributed by atoms with Crippen LogP contribution in [0.3, 0.4) is 0 Å². The number of amides is 3. The third-order valence-electron chi connectivity index (χ3n) is 7.97. The maximum atomic E-state index is 13.7. The van der Waals surface area contributed by atoms with Gasteiger partial charge in [-0.1, -0.05) is 53.0 Å². The molecule has 40 heavy (non-hydrogen) atoms. The van der Waals surface area contributed by atoms with Crippen molar-refractivity contribution in [1.82, 2.24) is 25.8 Å². The van der Waals surface area contributed by atoms with E-state index in [4.69, 9.17) is 4.98 Å². The van der Waals surface area contributed by atoms with Crippen molar-refractivity contribution in [3.05, 3.63) is 28.8 Å². The average molecular weight is 572 g/mol. The zero-order valence-corrected chi connectivity index (χ0v) is 26.0. The summed E-state index contributed by atoms with van der Waals surface area (Å²) >= 11 is 1.58. The zero-order chi connectivity index (χ0) is 29.2. The molecular formula is C31H49N5O3S. The van der Waals surface area contributed by atoms with Gasteiger partial charge >= 0.3 is 0 Å². The van der Waals surface area contributed by atoms with E-state index in [1.165, 1.54) is 12.0 Å². The fourth-order valence-corrected chi connectivity index (χ4v) is 6.30. The molecule has 0 saturated heterocycles. The summed E-state index contributed by atoms with van der Waals surface area (Å²) in [6, 6.07) is 5.40. The van der Waals surface area contributed by atoms with Crippen molar-refractivity contribution >= 4 is 39.3 Å². The molecule has 1 aliphatic carbocycles. The van der Waals surface area contributed by atoms with E-state index in [1.807, 2.05) is 27.1 Å². The number of rotatable bonds is 14. The number of hydrogen-bond acceptors (Lipinski definition) is 6. The van der Waals surface area contributed by atoms with Crippen LogP contribution in [0.15, 0.2) is 18.2 Å². The number of benzene rings is 1. The molecule has 8 nitrogen and oxygen atoms in total. The Hall–Kier alpha value is -2.52. The van der Waals surface area contributed by atoms with Gasteiger partial charge in [0, 0.05) is 31.3 Å². The Kier molecular flexibility index (Phi) is 12.4. The highest BCUT2D eigenvalue weighted by atomic mass is 32.1. The molecule has 3 amide bonds. The highest BCUT2D eigenvalue weighted by Gasteiger charge is 2.30. The average Bonchev–Trinajstić information content (AvgIpc) is 3.35. The van der Waals surface area contributed by atoms with E-state index in [1.54, 1.807) is 18.3 Å². The summed E-state index contributed by atoms with van der Waals surface area (Å²) in [4.78, 5) is 45.8. The lowest BCUT2D eigenvalue weighted by Crippen LogP contribution is -2.55. The van der Waals surface area contributed by atoms with Crippen LogP contribution >= 0.6 is 11.3 Å². The topological polar surface area (TPSA) is 103 Å². The van der Waals surface area contributed by atoms with Crippen LogP contribution in [0.2, 0.25) is 0 Å². The highest BCUT2D eigenvalue weighted by molar-refractivity contribution is 7.18. The molecule has 1 aliphatic rings. The predicted octanol–water partition coefficient (Wildman–Crippen LogP) is 4.63. The second-order valence-electron chi connectivity index (χ2n) is 11.9. The van der Waals surface area contributed by atoms with Crippen LogP contribution in [0.1, 0.15) is 89.1 Å². The fourth-order valence-electron chi connectivity index (χ4n) is 5.24. The third-order valence-corrected chi connectivity index (χ3v) is 9.02. The van der Waals surface area contributed by atoms with Crippen LogP contribution in [0, 0.1) is 11.8 Å². The summed E-state index contributed by atoms with van der Waals surface area (Å²) in [5.41, 5.74) is 2.17. The number of nitrogens with one attached hydrogen (secondary N) is 3. The lowest BCUT2D eigenvalue weighted by molar-refractivity contribution is -0.129. The summed E-state index contributed by atoms with van der Waals surface area (Å²) in [5.74, 6) is 0.259. The summed E-state index contributed by atoms with van der Waals surface area (Å²) in [6.07, 6.45) is 6.93. The first-order valence-corrected chi connectivity index (χ1v) is 15.8. The maximum Gasteiger partial charge on any atom is 0.243 e. The molecule has 9 heteroatoms. The molecular weight excluding hydrogens is 522 g/mol. The number of thiazole rings is 1. The standard InChI is InChI=1S/C31H49N5O3S/c1-7-28(37)33-25(18-29-34-24-14-13-23(20(2)3)17-27(24)40-29)31(39)35-26(22-11-9-8-10-12-22)19-32-30(38)21(4)15-16-36(5)6/h13-14,17,20-22,25-26H,7-12,15-16,18-19H2,1-6H3,(H,32,38)(H,33,37)(H,35,39)/t21-,25-,26+/m0/s1. The van der Waals surface area contributed by atoms with E-state index in [2.05, 4.69) is 46.8 Å². The second-order valence-corrected chi connectivity index (χ2v) is 13.0. The van der Waals surface area contributed by atoms with Gasteiger partial charge in [-0.2, -0.15) is 0 Å². The number of carbonyl (C=O) groups excluding carboxylic acids is 3. The third kappa shape index (κ3) is 9.54. The molecule has 3 rings (SSSR count). The minimum Gasteiger partial charge on any atom is -0.354 e. The van der Waals surface area contributed by atoms with Crippen LogP contribution in [0.25, 0.3) is 10.2 Å². The van der Waals surface area contributed by atoms with Crippen LogP contribution < -0.4 is 16.0 Å². The molecule has 1 heterocycles. The molecule has 0 bridgehead atoms. The fraction of sp³-hybridized carbons (Fsp3) is 0.677. The molecule has 2 aromatic rings. The van der Waals surface area contributed by atoms with Crippen molar-refractivity contribution in [3.63, 3.8) is 0 Å². The van der Waals surface area contributed by atoms with E-state index >= 15 is 0 Å². The van der Waals surface area contributed by atoms with Crippen molar-refractivity contribution in [1.29, 1.82) is 0 Å². The van der Waals surface area contributed by atoms with Crippen molar-refractivity contribution < 1.29 is 14.4 Å². The summed E-state index contributed by atoms with van der Waals surface area (Å²) in [6.45, 7) is 9.31. The van der Waals surface area contributed by atoms with E-state index in [-0.39, 0.29) is 29.7 Å². The molecule has 1 fully saturated rings. The lowest BCUT2D eigenvalue weighted by atomic mass is 9.83. The number of nitrogens with zero attached hydrogens (tertiary/aromatic N) is 2. The molecule has 222 valence electrons. The van der Waals surface area contributed by atoms with Crippen LogP contribution in [-0.2, 0) is 20.8 Å². The van der Waals surface area contributed by atoms with Gasteiger partial charge in [0.1, 0.15) is 6.04 Å². The Labute approximate surface area is 244 Å². The van der Waals surface area contributed by atoms with Crippen molar-refractivity contribution in [3.8, 4) is 0 Å². The normalized spacial score (nSPS) is 16.6. The molecule has 0 spiro atoms. The second kappa shape index (κ2) is 15.5. The van der Waals surface area contributed by atoms with Crippen LogP contribution in [0.5, 0.6) is 0 Å². The van der Waals surface area contributed by atoms with Crippen LogP contribution in [0.4, 0.5) is 0 Å². The maximum absolute atomic E-state index is 13.7. The van der Waals surface area contributed by atoms with Gasteiger partial charge in [0.2, 0.25) is 17.7 Å². The van der Waals surface area contributed by atoms with Gasteiger partial charge < -0.3 is 20.9 Å². The molecule has 1 saturated carbocycles. The molecule has 3 N–H and O–H groups in total. The monoisotopic (exact) mass is 571 g/mol. The van der Waals surface area contributed by atoms with Gasteiger partial charge in [-0.15, -0.1) is 11.3 Å². The van der Waals surface area contributed by atoms with Gasteiger partial charge in [-0.3, -0.25) is 14.4 Å². The Morgan fingerprint density at radius 3 is 2.42 bits per heavy atom. The molecule has 0 aliphatic heterocycles. The summed E-state index contributed by atoms with van der Waals surface area (Å²) in [5, 5.41) is 10.1. The van der Waals surface area contributed by atoms with Crippen LogP contribution in [-0.4, -0.2) is 66.9 Å². The summed E-state index contributed by atoms with van der Waals surface area (Å²) in [7, 11) is 4.01. The molecule has 1 aromatic carbocycles. The minimum absolute atomic E-state index is 0.0167. The SMILES string of the molecule is CCC(=O)N[C@@H](Cc1nc2ccc(C(C)C)cc2s1)C(=O)N[C@H](CNC(=O)[C@@H](C)CCN(C)C)C1CCCCC1. The molecule has 0 radical (unpaired) electrons. The molecule has 0 unspecified atom stereocenters. The summed E-state index contributed by atoms with van der Waals surface area (Å²) < 4.78 is 1.09. The first-order valence-electron chi connectivity index (χ1n) is 15.0. The van der Waals surface area contributed by atoms with Gasteiger partial charge in [-0.25, -0.2) is 4.98 Å². The molecule has 3 atom stereocenters. The predicted molar refractivity (Wildman–Crippen MR) is 163 cm³/mol. The smallest absolute Gasteiger partial charge is 0.243 e. The first-order chi connectivity index (χ1) is 19.1. The zero-order valence-electron chi connectivity index (χ0n) is 25.2. The first kappa shape index (κ1) is 32.0. The van der Waals surface area contributed by atoms with Gasteiger partial charge in [0.15, 0.2) is 0 Å². The number of carbonyl (C=O) groups is 3. The van der Waals surface area contributed by atoms with Crippen molar-refractivity contribution in [2.75, 3.05) is 27.2 Å². The van der Waals surface area contributed by atoms with E-state index in [9.17, 15) is 14.4 Å². The number of aromatic nitrogens is 1. The Morgan fingerprint density at radius 2 is 1.77 bits per heavy atom. The van der Waals surface area contributed by atoms with E-state index in [0.29, 0.717) is 31.2 Å². The van der Waals surface area contributed by atoms with Gasteiger partial charge in [-0.05, 0) is 69.4 Å². The number of fused-ring (bicyclic) bond motifs is 1. The van der Waals surface area contributed by atoms with Gasteiger partial charge in [0.25, 0.3) is 0 Å². The van der Waals surface area contributed by atoms with E-state index < -0.39 is 6.04 Å².